The van der Waals surface area contributed by atoms with Crippen LogP contribution in [0.4, 0.5) is 0 Å². The SMILES string of the molecule is CC1CN(CC(=O)N(C)CCCOc2ccccc2)CC(C)O1. The van der Waals surface area contributed by atoms with Crippen molar-refractivity contribution in [1.82, 2.24) is 9.80 Å². The summed E-state index contributed by atoms with van der Waals surface area (Å²) in [5.74, 6) is 1.03. The Morgan fingerprint density at radius 3 is 2.57 bits per heavy atom. The monoisotopic (exact) mass is 320 g/mol. The van der Waals surface area contributed by atoms with Crippen molar-refractivity contribution >= 4 is 5.91 Å². The molecule has 1 aliphatic heterocycles. The maximum atomic E-state index is 12.3. The van der Waals surface area contributed by atoms with Crippen LogP contribution in [0.3, 0.4) is 0 Å². The van der Waals surface area contributed by atoms with E-state index in [1.54, 1.807) is 4.90 Å². The zero-order valence-electron chi connectivity index (χ0n) is 14.4. The molecular formula is C18H28N2O3. The number of ether oxygens (including phenoxy) is 2. The van der Waals surface area contributed by atoms with E-state index in [2.05, 4.69) is 18.7 Å². The predicted molar refractivity (Wildman–Crippen MR) is 90.6 cm³/mol. The van der Waals surface area contributed by atoms with Crippen LogP contribution in [0, 0.1) is 0 Å². The summed E-state index contributed by atoms with van der Waals surface area (Å²) in [5.41, 5.74) is 0. The van der Waals surface area contributed by atoms with Crippen molar-refractivity contribution < 1.29 is 14.3 Å². The van der Waals surface area contributed by atoms with Gasteiger partial charge >= 0.3 is 0 Å². The molecule has 2 atom stereocenters. The van der Waals surface area contributed by atoms with Crippen LogP contribution in [0.2, 0.25) is 0 Å². The summed E-state index contributed by atoms with van der Waals surface area (Å²) >= 11 is 0. The molecule has 1 aliphatic rings. The second-order valence-corrected chi connectivity index (χ2v) is 6.28. The zero-order valence-corrected chi connectivity index (χ0v) is 14.4. The Bertz CT molecular complexity index is 470. The zero-order chi connectivity index (χ0) is 16.7. The summed E-state index contributed by atoms with van der Waals surface area (Å²) in [7, 11) is 1.86. The number of carbonyl (C=O) groups excluding carboxylic acids is 1. The fourth-order valence-electron chi connectivity index (χ4n) is 2.86. The summed E-state index contributed by atoms with van der Waals surface area (Å²) in [6.07, 6.45) is 1.21. The molecule has 0 aromatic heterocycles. The molecule has 1 aromatic carbocycles. The molecule has 1 heterocycles. The van der Waals surface area contributed by atoms with Crippen molar-refractivity contribution in [2.45, 2.75) is 32.5 Å². The van der Waals surface area contributed by atoms with Crippen LogP contribution in [-0.2, 0) is 9.53 Å². The van der Waals surface area contributed by atoms with Gasteiger partial charge in [0, 0.05) is 26.7 Å². The summed E-state index contributed by atoms with van der Waals surface area (Å²) in [4.78, 5) is 16.3. The molecule has 1 saturated heterocycles. The lowest BCUT2D eigenvalue weighted by Gasteiger charge is -2.35. The number of carbonyl (C=O) groups is 1. The predicted octanol–water partition coefficient (Wildman–Crippen LogP) is 2.02. The van der Waals surface area contributed by atoms with E-state index in [1.807, 2.05) is 37.4 Å². The summed E-state index contributed by atoms with van der Waals surface area (Å²) in [6, 6.07) is 9.75. The molecule has 0 saturated carbocycles. The van der Waals surface area contributed by atoms with Gasteiger partial charge in [0.2, 0.25) is 5.91 Å². The van der Waals surface area contributed by atoms with Gasteiger partial charge in [-0.3, -0.25) is 9.69 Å². The number of benzene rings is 1. The Morgan fingerprint density at radius 2 is 1.91 bits per heavy atom. The number of amides is 1. The fraction of sp³-hybridized carbons (Fsp3) is 0.611. The molecule has 0 bridgehead atoms. The van der Waals surface area contributed by atoms with Gasteiger partial charge in [0.15, 0.2) is 0 Å². The van der Waals surface area contributed by atoms with E-state index in [0.29, 0.717) is 19.7 Å². The lowest BCUT2D eigenvalue weighted by Crippen LogP contribution is -2.49. The van der Waals surface area contributed by atoms with Gasteiger partial charge < -0.3 is 14.4 Å². The van der Waals surface area contributed by atoms with Crippen LogP contribution in [0.5, 0.6) is 5.75 Å². The summed E-state index contributed by atoms with van der Waals surface area (Å²) in [5, 5.41) is 0. The Labute approximate surface area is 139 Å². The number of likely N-dealkylation sites (N-methyl/N-ethyl adjacent to an activating group) is 1. The second-order valence-electron chi connectivity index (χ2n) is 6.28. The lowest BCUT2D eigenvalue weighted by atomic mass is 10.2. The van der Waals surface area contributed by atoms with E-state index in [0.717, 1.165) is 25.3 Å². The highest BCUT2D eigenvalue weighted by molar-refractivity contribution is 5.78. The van der Waals surface area contributed by atoms with Crippen molar-refractivity contribution in [1.29, 1.82) is 0 Å². The Balaban J connectivity index is 1.64. The van der Waals surface area contributed by atoms with Crippen molar-refractivity contribution in [3.63, 3.8) is 0 Å². The van der Waals surface area contributed by atoms with Crippen LogP contribution < -0.4 is 4.74 Å². The first-order valence-corrected chi connectivity index (χ1v) is 8.34. The molecule has 2 unspecified atom stereocenters. The van der Waals surface area contributed by atoms with Crippen molar-refractivity contribution in [3.8, 4) is 5.75 Å². The minimum Gasteiger partial charge on any atom is -0.494 e. The Hall–Kier alpha value is -1.59. The van der Waals surface area contributed by atoms with Crippen molar-refractivity contribution in [3.05, 3.63) is 30.3 Å². The molecule has 1 aromatic rings. The molecule has 0 aliphatic carbocycles. The average Bonchev–Trinajstić information content (AvgIpc) is 2.51. The number of para-hydroxylation sites is 1. The number of rotatable bonds is 7. The molecular weight excluding hydrogens is 292 g/mol. The molecule has 0 radical (unpaired) electrons. The van der Waals surface area contributed by atoms with Gasteiger partial charge in [-0.05, 0) is 32.4 Å². The van der Waals surface area contributed by atoms with E-state index in [-0.39, 0.29) is 18.1 Å². The maximum absolute atomic E-state index is 12.3. The first-order chi connectivity index (χ1) is 11.0. The molecule has 23 heavy (non-hydrogen) atoms. The van der Waals surface area contributed by atoms with Gasteiger partial charge in [-0.15, -0.1) is 0 Å². The van der Waals surface area contributed by atoms with Crippen LogP contribution in [0.1, 0.15) is 20.3 Å². The first-order valence-electron chi connectivity index (χ1n) is 8.34. The Morgan fingerprint density at radius 1 is 1.26 bits per heavy atom. The van der Waals surface area contributed by atoms with Gasteiger partial charge in [0.05, 0.1) is 25.4 Å². The van der Waals surface area contributed by atoms with Gasteiger partial charge in [0.25, 0.3) is 0 Å². The largest absolute Gasteiger partial charge is 0.494 e. The second kappa shape index (κ2) is 8.89. The third-order valence-corrected chi connectivity index (χ3v) is 3.93. The molecule has 1 amide bonds. The molecule has 2 rings (SSSR count). The highest BCUT2D eigenvalue weighted by atomic mass is 16.5. The van der Waals surface area contributed by atoms with Gasteiger partial charge in [-0.2, -0.15) is 0 Å². The third-order valence-electron chi connectivity index (χ3n) is 3.93. The molecule has 0 N–H and O–H groups in total. The van der Waals surface area contributed by atoms with Gasteiger partial charge in [-0.1, -0.05) is 18.2 Å². The molecule has 5 heteroatoms. The minimum atomic E-state index is 0.158. The van der Waals surface area contributed by atoms with Crippen molar-refractivity contribution in [2.24, 2.45) is 0 Å². The number of nitrogens with zero attached hydrogens (tertiary/aromatic N) is 2. The van der Waals surface area contributed by atoms with Crippen LogP contribution in [-0.4, -0.2) is 67.7 Å². The number of morpholine rings is 1. The van der Waals surface area contributed by atoms with Crippen LogP contribution >= 0.6 is 0 Å². The quantitative estimate of drug-likeness (QED) is 0.721. The van der Waals surface area contributed by atoms with E-state index in [9.17, 15) is 4.79 Å². The van der Waals surface area contributed by atoms with Crippen molar-refractivity contribution in [2.75, 3.05) is 39.8 Å². The van der Waals surface area contributed by atoms with Gasteiger partial charge in [0.1, 0.15) is 5.75 Å². The summed E-state index contributed by atoms with van der Waals surface area (Å²) in [6.45, 7) is 7.54. The van der Waals surface area contributed by atoms with E-state index in [4.69, 9.17) is 9.47 Å². The van der Waals surface area contributed by atoms with E-state index >= 15 is 0 Å². The number of hydrogen-bond donors (Lipinski definition) is 0. The maximum Gasteiger partial charge on any atom is 0.236 e. The average molecular weight is 320 g/mol. The van der Waals surface area contributed by atoms with Crippen LogP contribution in [0.15, 0.2) is 30.3 Å². The first kappa shape index (κ1) is 17.8. The van der Waals surface area contributed by atoms with E-state index < -0.39 is 0 Å². The minimum absolute atomic E-state index is 0.158. The lowest BCUT2D eigenvalue weighted by molar-refractivity contribution is -0.134. The number of hydrogen-bond acceptors (Lipinski definition) is 4. The molecule has 1 fully saturated rings. The normalized spacial score (nSPS) is 21.9. The highest BCUT2D eigenvalue weighted by Gasteiger charge is 2.24. The topological polar surface area (TPSA) is 42.0 Å². The molecule has 128 valence electrons. The standard InChI is InChI=1S/C18H28N2O3/c1-15-12-20(13-16(2)23-15)14-18(21)19(3)10-7-11-22-17-8-5-4-6-9-17/h4-6,8-9,15-16H,7,10-14H2,1-3H3. The fourth-order valence-corrected chi connectivity index (χ4v) is 2.86. The van der Waals surface area contributed by atoms with Gasteiger partial charge in [-0.25, -0.2) is 0 Å². The smallest absolute Gasteiger partial charge is 0.236 e. The van der Waals surface area contributed by atoms with Crippen LogP contribution in [0.25, 0.3) is 0 Å². The van der Waals surface area contributed by atoms with E-state index in [1.165, 1.54) is 0 Å². The summed E-state index contributed by atoms with van der Waals surface area (Å²) < 4.78 is 11.3. The highest BCUT2D eigenvalue weighted by Crippen LogP contribution is 2.11. The Kier molecular flexibility index (Phi) is 6.86. The molecule has 0 spiro atoms. The third kappa shape index (κ3) is 6.20. The molecule has 5 nitrogen and oxygen atoms in total.